The van der Waals surface area contributed by atoms with Gasteiger partial charge in [-0.05, 0) is 30.2 Å². The molecular weight excluding hydrogens is 360 g/mol. The summed E-state index contributed by atoms with van der Waals surface area (Å²) in [5.41, 5.74) is 0.859. The number of amides is 2. The van der Waals surface area contributed by atoms with E-state index in [0.717, 1.165) is 18.4 Å². The molecule has 0 spiro atoms. The fourth-order valence-electron chi connectivity index (χ4n) is 2.93. The van der Waals surface area contributed by atoms with Crippen LogP contribution in [0.4, 0.5) is 4.79 Å². The Morgan fingerprint density at radius 2 is 1.75 bits per heavy atom. The average Bonchev–Trinajstić information content (AvgIpc) is 3.49. The summed E-state index contributed by atoms with van der Waals surface area (Å²) >= 11 is 0. The summed E-state index contributed by atoms with van der Waals surface area (Å²) in [6.45, 7) is 4.04. The van der Waals surface area contributed by atoms with Crippen molar-refractivity contribution in [2.24, 2.45) is 11.8 Å². The number of benzene rings is 1. The van der Waals surface area contributed by atoms with E-state index < -0.39 is 30.1 Å². The van der Waals surface area contributed by atoms with E-state index in [1.807, 2.05) is 44.2 Å². The zero-order valence-electron chi connectivity index (χ0n) is 16.8. The van der Waals surface area contributed by atoms with E-state index in [9.17, 15) is 14.4 Å². The number of rotatable bonds is 10. The van der Waals surface area contributed by atoms with Crippen molar-refractivity contribution in [3.05, 3.63) is 35.9 Å². The summed E-state index contributed by atoms with van der Waals surface area (Å²) in [4.78, 5) is 36.9. The van der Waals surface area contributed by atoms with Gasteiger partial charge in [-0.15, -0.1) is 0 Å². The number of alkyl carbamates (subject to hydrolysis) is 1. The van der Waals surface area contributed by atoms with Gasteiger partial charge >= 0.3 is 12.1 Å². The van der Waals surface area contributed by atoms with E-state index in [1.165, 1.54) is 7.11 Å². The van der Waals surface area contributed by atoms with Gasteiger partial charge in [0.1, 0.15) is 18.7 Å². The molecule has 1 saturated carbocycles. The van der Waals surface area contributed by atoms with Crippen LogP contribution in [-0.2, 0) is 25.7 Å². The molecule has 7 heteroatoms. The number of hydrogen-bond donors (Lipinski definition) is 2. The quantitative estimate of drug-likeness (QED) is 0.599. The fraction of sp³-hybridized carbons (Fsp3) is 0.571. The molecule has 0 bridgehead atoms. The van der Waals surface area contributed by atoms with Crippen LogP contribution in [-0.4, -0.2) is 37.2 Å². The summed E-state index contributed by atoms with van der Waals surface area (Å²) in [7, 11) is 1.30. The number of esters is 1. The van der Waals surface area contributed by atoms with Gasteiger partial charge in [-0.3, -0.25) is 4.79 Å². The van der Waals surface area contributed by atoms with Crippen molar-refractivity contribution in [2.45, 2.75) is 58.2 Å². The minimum absolute atomic E-state index is 0.120. The number of carbonyl (C=O) groups excluding carboxylic acids is 3. The molecule has 0 unspecified atom stereocenters. The number of carbonyl (C=O) groups is 3. The second-order valence-electron chi connectivity index (χ2n) is 7.65. The second-order valence-corrected chi connectivity index (χ2v) is 7.65. The van der Waals surface area contributed by atoms with Gasteiger partial charge in [0.05, 0.1) is 7.11 Å². The van der Waals surface area contributed by atoms with Crippen molar-refractivity contribution in [3.8, 4) is 0 Å². The Hall–Kier alpha value is -2.57. The number of hydrogen-bond acceptors (Lipinski definition) is 5. The van der Waals surface area contributed by atoms with Crippen molar-refractivity contribution in [1.82, 2.24) is 10.6 Å². The molecule has 0 saturated heterocycles. The molecule has 1 aliphatic rings. The third-order valence-corrected chi connectivity index (χ3v) is 4.60. The van der Waals surface area contributed by atoms with Crippen molar-refractivity contribution in [3.63, 3.8) is 0 Å². The topological polar surface area (TPSA) is 93.7 Å². The second kappa shape index (κ2) is 10.7. The Labute approximate surface area is 166 Å². The molecule has 154 valence electrons. The monoisotopic (exact) mass is 390 g/mol. The lowest BCUT2D eigenvalue weighted by molar-refractivity contribution is -0.145. The zero-order chi connectivity index (χ0) is 20.5. The Bertz CT molecular complexity index is 658. The lowest BCUT2D eigenvalue weighted by Crippen LogP contribution is -2.52. The van der Waals surface area contributed by atoms with Gasteiger partial charge in [-0.1, -0.05) is 57.0 Å². The van der Waals surface area contributed by atoms with Gasteiger partial charge in [0.25, 0.3) is 0 Å². The number of methoxy groups -OCH3 is 1. The van der Waals surface area contributed by atoms with E-state index in [4.69, 9.17) is 9.47 Å². The van der Waals surface area contributed by atoms with E-state index in [-0.39, 0.29) is 12.5 Å². The average molecular weight is 390 g/mol. The van der Waals surface area contributed by atoms with Crippen molar-refractivity contribution >= 4 is 18.0 Å². The molecule has 1 fully saturated rings. The van der Waals surface area contributed by atoms with Crippen molar-refractivity contribution in [1.29, 1.82) is 0 Å². The molecule has 1 aromatic carbocycles. The first-order chi connectivity index (χ1) is 13.4. The van der Waals surface area contributed by atoms with E-state index in [2.05, 4.69) is 10.6 Å². The van der Waals surface area contributed by atoms with Crippen LogP contribution in [0.2, 0.25) is 0 Å². The number of ether oxygens (including phenoxy) is 2. The third kappa shape index (κ3) is 7.58. The zero-order valence-corrected chi connectivity index (χ0v) is 16.8. The Balaban J connectivity index is 1.93. The highest BCUT2D eigenvalue weighted by Gasteiger charge is 2.33. The first-order valence-corrected chi connectivity index (χ1v) is 9.74. The van der Waals surface area contributed by atoms with E-state index >= 15 is 0 Å². The fourth-order valence-corrected chi connectivity index (χ4v) is 2.93. The first-order valence-electron chi connectivity index (χ1n) is 9.74. The lowest BCUT2D eigenvalue weighted by atomic mass is 10.0. The van der Waals surface area contributed by atoms with Gasteiger partial charge in [-0.25, -0.2) is 9.59 Å². The minimum Gasteiger partial charge on any atom is -0.467 e. The first kappa shape index (κ1) is 21.7. The molecule has 0 aliphatic heterocycles. The van der Waals surface area contributed by atoms with Crippen LogP contribution < -0.4 is 10.6 Å². The predicted molar refractivity (Wildman–Crippen MR) is 104 cm³/mol. The normalized spacial score (nSPS) is 15.4. The van der Waals surface area contributed by atoms with Crippen LogP contribution in [0.15, 0.2) is 30.3 Å². The SMILES string of the molecule is COC(=O)[C@H](CC1CC1)NC(=O)[C@H](CC(C)C)NC(=O)OCc1ccccc1. The maximum absolute atomic E-state index is 12.7. The van der Waals surface area contributed by atoms with Crippen LogP contribution >= 0.6 is 0 Å². The van der Waals surface area contributed by atoms with Crippen LogP contribution in [0.25, 0.3) is 0 Å². The Morgan fingerprint density at radius 3 is 2.32 bits per heavy atom. The van der Waals surface area contributed by atoms with Crippen LogP contribution in [0.1, 0.15) is 45.1 Å². The van der Waals surface area contributed by atoms with E-state index in [1.54, 1.807) is 0 Å². The van der Waals surface area contributed by atoms with Crippen LogP contribution in [0, 0.1) is 11.8 Å². The Kier molecular flexibility index (Phi) is 8.29. The third-order valence-electron chi connectivity index (χ3n) is 4.60. The molecule has 2 rings (SSSR count). The maximum Gasteiger partial charge on any atom is 0.408 e. The molecule has 7 nitrogen and oxygen atoms in total. The van der Waals surface area contributed by atoms with Crippen LogP contribution in [0.3, 0.4) is 0 Å². The molecule has 2 N–H and O–H groups in total. The summed E-state index contributed by atoms with van der Waals surface area (Å²) in [6.07, 6.45) is 2.45. The maximum atomic E-state index is 12.7. The van der Waals surface area contributed by atoms with Gasteiger partial charge < -0.3 is 20.1 Å². The van der Waals surface area contributed by atoms with E-state index in [0.29, 0.717) is 18.8 Å². The predicted octanol–water partition coefficient (Wildman–Crippen LogP) is 2.79. The van der Waals surface area contributed by atoms with Crippen molar-refractivity contribution < 1.29 is 23.9 Å². The molecule has 28 heavy (non-hydrogen) atoms. The molecule has 0 heterocycles. The minimum atomic E-state index is -0.783. The van der Waals surface area contributed by atoms with Gasteiger partial charge in [0, 0.05) is 0 Å². The molecule has 1 aliphatic carbocycles. The highest BCUT2D eigenvalue weighted by Crippen LogP contribution is 2.33. The molecule has 0 radical (unpaired) electrons. The molecular formula is C21H30N2O5. The van der Waals surface area contributed by atoms with Crippen LogP contribution in [0.5, 0.6) is 0 Å². The lowest BCUT2D eigenvalue weighted by Gasteiger charge is -2.23. The number of nitrogens with one attached hydrogen (secondary N) is 2. The largest absolute Gasteiger partial charge is 0.467 e. The highest BCUT2D eigenvalue weighted by atomic mass is 16.5. The molecule has 1 aromatic rings. The summed E-state index contributed by atoms with van der Waals surface area (Å²) in [6, 6.07) is 7.83. The van der Waals surface area contributed by atoms with Gasteiger partial charge in [0.2, 0.25) is 5.91 Å². The molecule has 0 aromatic heterocycles. The summed E-state index contributed by atoms with van der Waals surface area (Å²) in [5.74, 6) is -0.251. The standard InChI is InChI=1S/C21H30N2O5/c1-14(2)11-17(23-21(26)28-13-16-7-5-4-6-8-16)19(24)22-18(20(25)27-3)12-15-9-10-15/h4-8,14-15,17-18H,9-13H2,1-3H3,(H,22,24)(H,23,26)/t17-,18-/m0/s1. The molecule has 2 atom stereocenters. The summed E-state index contributed by atoms with van der Waals surface area (Å²) < 4.78 is 10.0. The highest BCUT2D eigenvalue weighted by molar-refractivity contribution is 5.89. The van der Waals surface area contributed by atoms with Crippen molar-refractivity contribution in [2.75, 3.05) is 7.11 Å². The summed E-state index contributed by atoms with van der Waals surface area (Å²) in [5, 5.41) is 5.36. The van der Waals surface area contributed by atoms with Gasteiger partial charge in [-0.2, -0.15) is 0 Å². The smallest absolute Gasteiger partial charge is 0.408 e. The molecule has 2 amide bonds. The van der Waals surface area contributed by atoms with Gasteiger partial charge in [0.15, 0.2) is 0 Å². The Morgan fingerprint density at radius 1 is 1.07 bits per heavy atom.